The lowest BCUT2D eigenvalue weighted by Gasteiger charge is -2.07. The Kier molecular flexibility index (Phi) is 3.03. The summed E-state index contributed by atoms with van der Waals surface area (Å²) in [6.45, 7) is 2.96. The topological polar surface area (TPSA) is 54.8 Å². The zero-order valence-corrected chi connectivity index (χ0v) is 11.4. The number of aromatic nitrogens is 1. The van der Waals surface area contributed by atoms with Crippen LogP contribution in [0.2, 0.25) is 0 Å². The average Bonchev–Trinajstić information content (AvgIpc) is 2.81. The van der Waals surface area contributed by atoms with Crippen molar-refractivity contribution in [2.45, 2.75) is 13.5 Å². The Balaban J connectivity index is 1.98. The number of hydrogen-bond acceptors (Lipinski definition) is 1. The minimum atomic E-state index is 0.110. The second-order valence-electron chi connectivity index (χ2n) is 5.12. The van der Waals surface area contributed by atoms with Crippen LogP contribution in [0, 0.1) is 12.3 Å². The van der Waals surface area contributed by atoms with E-state index in [0.717, 1.165) is 23.0 Å². The van der Waals surface area contributed by atoms with Crippen molar-refractivity contribution in [2.24, 2.45) is 5.73 Å². The van der Waals surface area contributed by atoms with Gasteiger partial charge in [-0.25, -0.2) is 0 Å². The van der Waals surface area contributed by atoms with Crippen LogP contribution in [-0.4, -0.2) is 10.4 Å². The molecule has 0 amide bonds. The van der Waals surface area contributed by atoms with E-state index >= 15 is 0 Å². The van der Waals surface area contributed by atoms with Gasteiger partial charge in [-0.1, -0.05) is 29.8 Å². The van der Waals surface area contributed by atoms with Crippen molar-refractivity contribution < 1.29 is 0 Å². The molecule has 0 atom stereocenters. The monoisotopic (exact) mass is 263 g/mol. The fourth-order valence-corrected chi connectivity index (χ4v) is 2.51. The standard InChI is InChI=1S/C17H17N3/c1-12-3-2-4-13(9-12)11-20-8-7-14-10-15(17(18)19)5-6-16(14)20/h2-10H,11H2,1H3,(H3,18,19). The minimum Gasteiger partial charge on any atom is -0.384 e. The first kappa shape index (κ1) is 12.5. The highest BCUT2D eigenvalue weighted by Gasteiger charge is 2.04. The van der Waals surface area contributed by atoms with Gasteiger partial charge in [-0.3, -0.25) is 5.41 Å². The first-order valence-corrected chi connectivity index (χ1v) is 6.62. The molecule has 0 unspecified atom stereocenters. The maximum Gasteiger partial charge on any atom is 0.122 e. The molecule has 0 spiro atoms. The Morgan fingerprint density at radius 2 is 2.00 bits per heavy atom. The zero-order valence-electron chi connectivity index (χ0n) is 11.4. The molecule has 0 aliphatic heterocycles. The summed E-state index contributed by atoms with van der Waals surface area (Å²) in [6, 6.07) is 16.5. The highest BCUT2D eigenvalue weighted by molar-refractivity contribution is 5.98. The van der Waals surface area contributed by atoms with Crippen LogP contribution in [0.5, 0.6) is 0 Å². The largest absolute Gasteiger partial charge is 0.384 e. The van der Waals surface area contributed by atoms with Crippen LogP contribution in [0.4, 0.5) is 0 Å². The van der Waals surface area contributed by atoms with Gasteiger partial charge in [0.15, 0.2) is 0 Å². The van der Waals surface area contributed by atoms with Gasteiger partial charge < -0.3 is 10.3 Å². The Hall–Kier alpha value is -2.55. The average molecular weight is 263 g/mol. The second-order valence-corrected chi connectivity index (χ2v) is 5.12. The summed E-state index contributed by atoms with van der Waals surface area (Å²) in [5.41, 5.74) is 10.0. The van der Waals surface area contributed by atoms with E-state index in [-0.39, 0.29) is 5.84 Å². The van der Waals surface area contributed by atoms with Crippen LogP contribution in [0.3, 0.4) is 0 Å². The molecule has 0 saturated heterocycles. The molecule has 0 radical (unpaired) electrons. The molecule has 2 aromatic carbocycles. The van der Waals surface area contributed by atoms with E-state index in [0.29, 0.717) is 0 Å². The predicted molar refractivity (Wildman–Crippen MR) is 83.2 cm³/mol. The number of benzene rings is 2. The normalized spacial score (nSPS) is 10.8. The highest BCUT2D eigenvalue weighted by atomic mass is 14.9. The SMILES string of the molecule is Cc1cccc(Cn2ccc3cc(C(=N)N)ccc32)c1. The van der Waals surface area contributed by atoms with Crippen LogP contribution in [-0.2, 0) is 6.54 Å². The highest BCUT2D eigenvalue weighted by Crippen LogP contribution is 2.19. The molecular weight excluding hydrogens is 246 g/mol. The van der Waals surface area contributed by atoms with Crippen LogP contribution in [0.1, 0.15) is 16.7 Å². The summed E-state index contributed by atoms with van der Waals surface area (Å²) in [6.07, 6.45) is 2.08. The maximum absolute atomic E-state index is 7.49. The van der Waals surface area contributed by atoms with Crippen molar-refractivity contribution in [3.63, 3.8) is 0 Å². The number of fused-ring (bicyclic) bond motifs is 1. The van der Waals surface area contributed by atoms with Crippen molar-refractivity contribution in [1.29, 1.82) is 5.41 Å². The molecule has 0 fully saturated rings. The molecule has 0 aliphatic rings. The molecule has 0 aliphatic carbocycles. The third-order valence-corrected chi connectivity index (χ3v) is 3.52. The molecule has 20 heavy (non-hydrogen) atoms. The van der Waals surface area contributed by atoms with Gasteiger partial charge >= 0.3 is 0 Å². The smallest absolute Gasteiger partial charge is 0.122 e. The summed E-state index contributed by atoms with van der Waals surface area (Å²) in [7, 11) is 0. The molecule has 3 aromatic rings. The predicted octanol–water partition coefficient (Wildman–Crippen LogP) is 3.28. The summed E-state index contributed by atoms with van der Waals surface area (Å²) in [5, 5.41) is 8.61. The van der Waals surface area contributed by atoms with E-state index in [4.69, 9.17) is 11.1 Å². The van der Waals surface area contributed by atoms with Gasteiger partial charge in [0, 0.05) is 29.2 Å². The Labute approximate surface area is 118 Å². The Morgan fingerprint density at radius 1 is 1.15 bits per heavy atom. The Bertz CT molecular complexity index is 784. The fraction of sp³-hybridized carbons (Fsp3) is 0.118. The summed E-state index contributed by atoms with van der Waals surface area (Å²) in [4.78, 5) is 0. The summed E-state index contributed by atoms with van der Waals surface area (Å²) >= 11 is 0. The molecule has 3 nitrogen and oxygen atoms in total. The number of nitrogen functional groups attached to an aromatic ring is 1. The van der Waals surface area contributed by atoms with Gasteiger partial charge in [-0.15, -0.1) is 0 Å². The van der Waals surface area contributed by atoms with E-state index in [9.17, 15) is 0 Å². The number of aryl methyl sites for hydroxylation is 1. The molecule has 100 valence electrons. The number of nitrogens with two attached hydrogens (primary N) is 1. The second kappa shape index (κ2) is 4.85. The number of nitrogens with one attached hydrogen (secondary N) is 1. The van der Waals surface area contributed by atoms with E-state index in [1.54, 1.807) is 0 Å². The van der Waals surface area contributed by atoms with Crippen molar-refractivity contribution in [3.05, 3.63) is 71.4 Å². The molecule has 3 N–H and O–H groups in total. The van der Waals surface area contributed by atoms with Crippen molar-refractivity contribution in [2.75, 3.05) is 0 Å². The zero-order chi connectivity index (χ0) is 14.1. The Morgan fingerprint density at radius 3 is 2.75 bits per heavy atom. The number of nitrogens with zero attached hydrogens (tertiary/aromatic N) is 1. The first-order valence-electron chi connectivity index (χ1n) is 6.62. The molecule has 1 aromatic heterocycles. The maximum atomic E-state index is 7.49. The molecule has 1 heterocycles. The molecule has 0 saturated carbocycles. The van der Waals surface area contributed by atoms with Crippen molar-refractivity contribution in [3.8, 4) is 0 Å². The number of amidine groups is 1. The molecular formula is C17H17N3. The van der Waals surface area contributed by atoms with Crippen molar-refractivity contribution >= 4 is 16.7 Å². The quantitative estimate of drug-likeness (QED) is 0.553. The fourth-order valence-electron chi connectivity index (χ4n) is 2.51. The van der Waals surface area contributed by atoms with Gasteiger partial charge in [0.2, 0.25) is 0 Å². The number of hydrogen-bond donors (Lipinski definition) is 2. The number of rotatable bonds is 3. The lowest BCUT2D eigenvalue weighted by molar-refractivity contribution is 0.836. The van der Waals surface area contributed by atoms with Gasteiger partial charge in [-0.2, -0.15) is 0 Å². The van der Waals surface area contributed by atoms with Crippen LogP contribution in [0.15, 0.2) is 54.7 Å². The van der Waals surface area contributed by atoms with E-state index in [2.05, 4.69) is 48.0 Å². The third kappa shape index (κ3) is 2.30. The van der Waals surface area contributed by atoms with Crippen LogP contribution >= 0.6 is 0 Å². The third-order valence-electron chi connectivity index (χ3n) is 3.52. The van der Waals surface area contributed by atoms with Crippen LogP contribution in [0.25, 0.3) is 10.9 Å². The van der Waals surface area contributed by atoms with E-state index < -0.39 is 0 Å². The lowest BCUT2D eigenvalue weighted by Crippen LogP contribution is -2.10. The summed E-state index contributed by atoms with van der Waals surface area (Å²) in [5.74, 6) is 0.110. The minimum absolute atomic E-state index is 0.110. The van der Waals surface area contributed by atoms with Gasteiger partial charge in [0.25, 0.3) is 0 Å². The van der Waals surface area contributed by atoms with Crippen molar-refractivity contribution in [1.82, 2.24) is 4.57 Å². The van der Waals surface area contributed by atoms with Gasteiger partial charge in [0.05, 0.1) is 0 Å². The molecule has 3 heteroatoms. The van der Waals surface area contributed by atoms with Gasteiger partial charge in [0.1, 0.15) is 5.84 Å². The van der Waals surface area contributed by atoms with E-state index in [1.165, 1.54) is 11.1 Å². The lowest BCUT2D eigenvalue weighted by atomic mass is 10.1. The van der Waals surface area contributed by atoms with Crippen LogP contribution < -0.4 is 5.73 Å². The first-order chi connectivity index (χ1) is 9.63. The molecule has 0 bridgehead atoms. The summed E-state index contributed by atoms with van der Waals surface area (Å²) < 4.78 is 2.22. The molecule has 3 rings (SSSR count). The van der Waals surface area contributed by atoms with E-state index in [1.807, 2.05) is 18.2 Å². The van der Waals surface area contributed by atoms with Gasteiger partial charge in [-0.05, 0) is 36.8 Å².